The number of amides is 2. The average molecular weight is 411 g/mol. The van der Waals surface area contributed by atoms with E-state index in [9.17, 15) is 14.4 Å². The number of hydrogen-bond donors (Lipinski definition) is 3. The van der Waals surface area contributed by atoms with Crippen molar-refractivity contribution in [2.75, 3.05) is 23.8 Å². The molecule has 2 amide bonds. The molecule has 0 spiro atoms. The molecule has 0 unspecified atom stereocenters. The summed E-state index contributed by atoms with van der Waals surface area (Å²) in [4.78, 5) is 36.2. The molecule has 0 fully saturated rings. The molecular formula is C18H19ClN2O5S. The van der Waals surface area contributed by atoms with Crippen LogP contribution in [0.2, 0.25) is 5.02 Å². The van der Waals surface area contributed by atoms with Crippen molar-refractivity contribution in [1.29, 1.82) is 0 Å². The molecule has 144 valence electrons. The number of aliphatic carboxylic acids is 1. The van der Waals surface area contributed by atoms with E-state index in [0.29, 0.717) is 27.7 Å². The summed E-state index contributed by atoms with van der Waals surface area (Å²) in [6, 6.07) is 6.70. The van der Waals surface area contributed by atoms with E-state index < -0.39 is 25.1 Å². The van der Waals surface area contributed by atoms with Crippen molar-refractivity contribution in [3.63, 3.8) is 0 Å². The lowest BCUT2D eigenvalue weighted by molar-refractivity contribution is -0.143. The van der Waals surface area contributed by atoms with Crippen LogP contribution in [0.15, 0.2) is 24.3 Å². The quantitative estimate of drug-likeness (QED) is 0.617. The fourth-order valence-electron chi connectivity index (χ4n) is 2.45. The zero-order chi connectivity index (χ0) is 20.0. The first-order valence-electron chi connectivity index (χ1n) is 8.10. The van der Waals surface area contributed by atoms with Gasteiger partial charge in [-0.2, -0.15) is 0 Å². The summed E-state index contributed by atoms with van der Waals surface area (Å²) in [7, 11) is 0. The number of carbonyl (C=O) groups excluding carboxylic acids is 2. The fourth-order valence-corrected chi connectivity index (χ4v) is 3.74. The van der Waals surface area contributed by atoms with Gasteiger partial charge >= 0.3 is 5.97 Å². The molecule has 7 nitrogen and oxygen atoms in total. The number of rotatable bonds is 8. The summed E-state index contributed by atoms with van der Waals surface area (Å²) in [5, 5.41) is 14.9. The Morgan fingerprint density at radius 3 is 2.41 bits per heavy atom. The van der Waals surface area contributed by atoms with Crippen LogP contribution in [0.1, 0.15) is 27.7 Å². The lowest BCUT2D eigenvalue weighted by Gasteiger charge is -2.10. The van der Waals surface area contributed by atoms with Crippen LogP contribution in [-0.4, -0.2) is 36.1 Å². The standard InChI is InChI=1S/C18H19ClN2O5S/c1-3-13-10(2)27-18(21-14(22)8-26-9-15(23)24)16(13)17(25)20-12-6-4-11(19)5-7-12/h4-7H,3,8-9H2,1-2H3,(H,20,25)(H,21,22)(H,23,24). The summed E-state index contributed by atoms with van der Waals surface area (Å²) in [5.74, 6) is -2.04. The largest absolute Gasteiger partial charge is 0.480 e. The summed E-state index contributed by atoms with van der Waals surface area (Å²) < 4.78 is 4.78. The Morgan fingerprint density at radius 1 is 1.15 bits per heavy atom. The highest BCUT2D eigenvalue weighted by Crippen LogP contribution is 2.34. The van der Waals surface area contributed by atoms with Crippen LogP contribution in [0.5, 0.6) is 0 Å². The van der Waals surface area contributed by atoms with Crippen molar-refractivity contribution in [2.24, 2.45) is 0 Å². The minimum atomic E-state index is -1.16. The maximum atomic E-state index is 12.8. The monoisotopic (exact) mass is 410 g/mol. The Bertz CT molecular complexity index is 848. The zero-order valence-electron chi connectivity index (χ0n) is 14.8. The van der Waals surface area contributed by atoms with Crippen LogP contribution in [-0.2, 0) is 20.7 Å². The lowest BCUT2D eigenvalue weighted by atomic mass is 10.1. The van der Waals surface area contributed by atoms with Crippen LogP contribution >= 0.6 is 22.9 Å². The van der Waals surface area contributed by atoms with Crippen LogP contribution in [0, 0.1) is 6.92 Å². The van der Waals surface area contributed by atoms with Crippen molar-refractivity contribution in [3.8, 4) is 0 Å². The topological polar surface area (TPSA) is 105 Å². The van der Waals surface area contributed by atoms with Gasteiger partial charge in [0.15, 0.2) is 0 Å². The van der Waals surface area contributed by atoms with Gasteiger partial charge in [0.2, 0.25) is 0 Å². The van der Waals surface area contributed by atoms with Crippen molar-refractivity contribution in [2.45, 2.75) is 20.3 Å². The van der Waals surface area contributed by atoms with E-state index in [0.717, 1.165) is 10.4 Å². The van der Waals surface area contributed by atoms with Gasteiger partial charge in [-0.25, -0.2) is 4.79 Å². The van der Waals surface area contributed by atoms with Crippen molar-refractivity contribution >= 4 is 51.4 Å². The molecule has 27 heavy (non-hydrogen) atoms. The van der Waals surface area contributed by atoms with Gasteiger partial charge in [-0.1, -0.05) is 18.5 Å². The Morgan fingerprint density at radius 2 is 1.81 bits per heavy atom. The van der Waals surface area contributed by atoms with Crippen LogP contribution < -0.4 is 10.6 Å². The molecule has 0 saturated carbocycles. The van der Waals surface area contributed by atoms with Crippen molar-refractivity contribution < 1.29 is 24.2 Å². The number of aryl methyl sites for hydroxylation is 1. The van der Waals surface area contributed by atoms with Crippen LogP contribution in [0.25, 0.3) is 0 Å². The van der Waals surface area contributed by atoms with E-state index in [1.165, 1.54) is 11.3 Å². The number of thiophene rings is 1. The van der Waals surface area contributed by atoms with Crippen LogP contribution in [0.3, 0.4) is 0 Å². The number of anilines is 2. The second-order valence-electron chi connectivity index (χ2n) is 5.59. The molecule has 2 aromatic rings. The Balaban J connectivity index is 2.18. The summed E-state index contributed by atoms with van der Waals surface area (Å²) >= 11 is 7.14. The molecule has 0 atom stereocenters. The highest BCUT2D eigenvalue weighted by Gasteiger charge is 2.22. The number of benzene rings is 1. The number of halogens is 1. The number of hydrogen-bond acceptors (Lipinski definition) is 5. The molecule has 0 bridgehead atoms. The smallest absolute Gasteiger partial charge is 0.329 e. The van der Waals surface area contributed by atoms with E-state index in [1.54, 1.807) is 24.3 Å². The minimum Gasteiger partial charge on any atom is -0.480 e. The number of carboxylic acids is 1. The van der Waals surface area contributed by atoms with Gasteiger partial charge in [0.25, 0.3) is 11.8 Å². The van der Waals surface area contributed by atoms with Gasteiger partial charge < -0.3 is 20.5 Å². The van der Waals surface area contributed by atoms with E-state index in [4.69, 9.17) is 21.4 Å². The number of nitrogens with one attached hydrogen (secondary N) is 2. The zero-order valence-corrected chi connectivity index (χ0v) is 16.4. The fraction of sp³-hybridized carbons (Fsp3) is 0.278. The summed E-state index contributed by atoms with van der Waals surface area (Å²) in [5.41, 5.74) is 1.81. The molecular weight excluding hydrogens is 392 g/mol. The third-order valence-corrected chi connectivity index (χ3v) is 4.92. The van der Waals surface area contributed by atoms with Crippen molar-refractivity contribution in [1.82, 2.24) is 0 Å². The molecule has 0 aliphatic rings. The van der Waals surface area contributed by atoms with Crippen molar-refractivity contribution in [3.05, 3.63) is 45.3 Å². The average Bonchev–Trinajstić information content (AvgIpc) is 2.91. The van der Waals surface area contributed by atoms with Gasteiger partial charge in [0.1, 0.15) is 18.2 Å². The number of carbonyl (C=O) groups is 3. The molecule has 3 N–H and O–H groups in total. The molecule has 9 heteroatoms. The molecule has 1 aromatic carbocycles. The Labute approximate surface area is 165 Å². The van der Waals surface area contributed by atoms with E-state index in [1.807, 2.05) is 13.8 Å². The molecule has 0 aliphatic heterocycles. The Hall–Kier alpha value is -2.42. The molecule has 2 rings (SSSR count). The first kappa shape index (κ1) is 20.9. The molecule has 0 radical (unpaired) electrons. The third-order valence-electron chi connectivity index (χ3n) is 3.60. The molecule has 0 saturated heterocycles. The predicted octanol–water partition coefficient (Wildman–Crippen LogP) is 3.56. The predicted molar refractivity (Wildman–Crippen MR) is 105 cm³/mol. The summed E-state index contributed by atoms with van der Waals surface area (Å²) in [6.45, 7) is 2.82. The number of carboxylic acid groups (broad SMARTS) is 1. The highest BCUT2D eigenvalue weighted by atomic mass is 35.5. The normalized spacial score (nSPS) is 10.5. The van der Waals surface area contributed by atoms with E-state index in [-0.39, 0.29) is 5.91 Å². The summed E-state index contributed by atoms with van der Waals surface area (Å²) in [6.07, 6.45) is 0.622. The second kappa shape index (κ2) is 9.50. The third kappa shape index (κ3) is 5.78. The Kier molecular flexibility index (Phi) is 7.35. The van der Waals surface area contributed by atoms with Gasteiger partial charge in [-0.3, -0.25) is 9.59 Å². The van der Waals surface area contributed by atoms with Gasteiger partial charge in [-0.15, -0.1) is 11.3 Å². The molecule has 1 heterocycles. The maximum Gasteiger partial charge on any atom is 0.329 e. The lowest BCUT2D eigenvalue weighted by Crippen LogP contribution is -2.22. The molecule has 0 aliphatic carbocycles. The van der Waals surface area contributed by atoms with E-state index in [2.05, 4.69) is 10.6 Å². The van der Waals surface area contributed by atoms with Gasteiger partial charge in [0.05, 0.1) is 5.56 Å². The van der Waals surface area contributed by atoms with E-state index >= 15 is 0 Å². The van der Waals surface area contributed by atoms with Crippen LogP contribution in [0.4, 0.5) is 10.7 Å². The maximum absolute atomic E-state index is 12.8. The van der Waals surface area contributed by atoms with Gasteiger partial charge in [0, 0.05) is 15.6 Å². The SMILES string of the molecule is CCc1c(C)sc(NC(=O)COCC(=O)O)c1C(=O)Nc1ccc(Cl)cc1. The molecule has 1 aromatic heterocycles. The highest BCUT2D eigenvalue weighted by molar-refractivity contribution is 7.16. The number of ether oxygens (including phenoxy) is 1. The van der Waals surface area contributed by atoms with Gasteiger partial charge in [-0.05, 0) is 43.2 Å². The first-order valence-corrected chi connectivity index (χ1v) is 9.29. The minimum absolute atomic E-state index is 0.347. The first-order chi connectivity index (χ1) is 12.8. The second-order valence-corrected chi connectivity index (χ2v) is 7.25.